The number of methoxy groups -OCH3 is 1. The van der Waals surface area contributed by atoms with Crippen molar-refractivity contribution < 1.29 is 14.3 Å². The standard InChI is InChI=1S/C17H21N5O3S/c1-25-9-7-20-17(24)22-8-6-12-14(26-16(21-12)15(19)23)13(22)10-4-2-3-5-11(10)18/h2-5,13H,6-9,18H2,1H3,(H2,19,23)(H,20,24). The maximum atomic E-state index is 12.7. The quantitative estimate of drug-likeness (QED) is 0.534. The van der Waals surface area contributed by atoms with Crippen LogP contribution in [0.3, 0.4) is 0 Å². The van der Waals surface area contributed by atoms with Crippen LogP contribution in [0.25, 0.3) is 0 Å². The molecule has 0 aliphatic carbocycles. The second-order valence-electron chi connectivity index (χ2n) is 5.89. The highest BCUT2D eigenvalue weighted by Gasteiger charge is 2.36. The van der Waals surface area contributed by atoms with Gasteiger partial charge in [-0.25, -0.2) is 9.78 Å². The lowest BCUT2D eigenvalue weighted by molar-refractivity contribution is 0.0999. The summed E-state index contributed by atoms with van der Waals surface area (Å²) in [5, 5.41) is 3.09. The molecule has 3 amide bonds. The molecular weight excluding hydrogens is 354 g/mol. The summed E-state index contributed by atoms with van der Waals surface area (Å²) in [4.78, 5) is 31.2. The largest absolute Gasteiger partial charge is 0.398 e. The van der Waals surface area contributed by atoms with Gasteiger partial charge in [-0.1, -0.05) is 18.2 Å². The van der Waals surface area contributed by atoms with Crippen molar-refractivity contribution in [3.63, 3.8) is 0 Å². The molecule has 138 valence electrons. The molecule has 0 saturated heterocycles. The summed E-state index contributed by atoms with van der Waals surface area (Å²) in [5.74, 6) is -0.569. The number of amides is 3. The number of carbonyl (C=O) groups is 2. The minimum atomic E-state index is -0.569. The van der Waals surface area contributed by atoms with Crippen molar-refractivity contribution in [1.82, 2.24) is 15.2 Å². The van der Waals surface area contributed by atoms with Crippen LogP contribution in [-0.2, 0) is 11.2 Å². The summed E-state index contributed by atoms with van der Waals surface area (Å²) in [6, 6.07) is 6.77. The van der Waals surface area contributed by atoms with Crippen molar-refractivity contribution in [2.75, 3.05) is 32.5 Å². The van der Waals surface area contributed by atoms with Gasteiger partial charge in [0.15, 0.2) is 5.01 Å². The number of rotatable bonds is 5. The van der Waals surface area contributed by atoms with Gasteiger partial charge in [0, 0.05) is 37.9 Å². The summed E-state index contributed by atoms with van der Waals surface area (Å²) in [6.07, 6.45) is 0.556. The number of nitrogens with two attached hydrogens (primary N) is 2. The van der Waals surface area contributed by atoms with Crippen molar-refractivity contribution in [2.45, 2.75) is 12.5 Å². The van der Waals surface area contributed by atoms with Crippen LogP contribution >= 0.6 is 11.3 Å². The summed E-state index contributed by atoms with van der Waals surface area (Å²) >= 11 is 1.22. The van der Waals surface area contributed by atoms with Crippen molar-refractivity contribution in [1.29, 1.82) is 0 Å². The molecule has 0 saturated carbocycles. The minimum Gasteiger partial charge on any atom is -0.398 e. The third-order valence-corrected chi connectivity index (χ3v) is 5.39. The van der Waals surface area contributed by atoms with E-state index >= 15 is 0 Å². The molecule has 1 aliphatic heterocycles. The van der Waals surface area contributed by atoms with Gasteiger partial charge in [0.05, 0.1) is 23.2 Å². The number of ether oxygens (including phenoxy) is 1. The number of fused-ring (bicyclic) bond motifs is 1. The van der Waals surface area contributed by atoms with Crippen LogP contribution in [0, 0.1) is 0 Å². The first-order chi connectivity index (χ1) is 12.5. The molecule has 1 aromatic carbocycles. The number of hydrogen-bond acceptors (Lipinski definition) is 6. The summed E-state index contributed by atoms with van der Waals surface area (Å²) < 4.78 is 4.98. The Balaban J connectivity index is 2.00. The number of primary amides is 1. The Hall–Kier alpha value is -2.65. The molecule has 1 aromatic heterocycles. The average molecular weight is 375 g/mol. The van der Waals surface area contributed by atoms with Crippen LogP contribution in [0.15, 0.2) is 24.3 Å². The van der Waals surface area contributed by atoms with E-state index in [1.807, 2.05) is 18.2 Å². The Morgan fingerprint density at radius 2 is 2.19 bits per heavy atom. The molecule has 0 bridgehead atoms. The van der Waals surface area contributed by atoms with E-state index in [0.29, 0.717) is 31.8 Å². The topological polar surface area (TPSA) is 124 Å². The maximum Gasteiger partial charge on any atom is 0.318 e. The van der Waals surface area contributed by atoms with Gasteiger partial charge in [-0.15, -0.1) is 11.3 Å². The Morgan fingerprint density at radius 1 is 1.42 bits per heavy atom. The number of aromatic nitrogens is 1. The van der Waals surface area contributed by atoms with E-state index in [0.717, 1.165) is 16.1 Å². The van der Waals surface area contributed by atoms with Gasteiger partial charge >= 0.3 is 6.03 Å². The molecule has 3 rings (SSSR count). The van der Waals surface area contributed by atoms with Gasteiger partial charge in [-0.05, 0) is 6.07 Å². The molecule has 8 nitrogen and oxygen atoms in total. The Morgan fingerprint density at radius 3 is 2.88 bits per heavy atom. The fraction of sp³-hybridized carbons (Fsp3) is 0.353. The van der Waals surface area contributed by atoms with Crippen molar-refractivity contribution in [2.24, 2.45) is 5.73 Å². The fourth-order valence-electron chi connectivity index (χ4n) is 3.01. The number of benzene rings is 1. The van der Waals surface area contributed by atoms with Gasteiger partial charge < -0.3 is 26.4 Å². The predicted octanol–water partition coefficient (Wildman–Crippen LogP) is 1.13. The molecule has 9 heteroatoms. The molecule has 1 aliphatic rings. The lowest BCUT2D eigenvalue weighted by Gasteiger charge is -2.35. The molecule has 0 spiro atoms. The zero-order valence-electron chi connectivity index (χ0n) is 14.4. The van der Waals surface area contributed by atoms with E-state index in [9.17, 15) is 9.59 Å². The zero-order chi connectivity index (χ0) is 18.7. The zero-order valence-corrected chi connectivity index (χ0v) is 15.2. The van der Waals surface area contributed by atoms with Gasteiger partial charge in [0.25, 0.3) is 5.91 Å². The van der Waals surface area contributed by atoms with Crippen molar-refractivity contribution in [3.05, 3.63) is 45.4 Å². The molecule has 26 heavy (non-hydrogen) atoms. The average Bonchev–Trinajstić information content (AvgIpc) is 3.06. The van der Waals surface area contributed by atoms with Gasteiger partial charge in [-0.2, -0.15) is 0 Å². The molecule has 1 unspecified atom stereocenters. The summed E-state index contributed by atoms with van der Waals surface area (Å²) in [6.45, 7) is 1.30. The number of nitrogens with zero attached hydrogens (tertiary/aromatic N) is 2. The third kappa shape index (κ3) is 3.49. The summed E-state index contributed by atoms with van der Waals surface area (Å²) in [7, 11) is 1.58. The highest BCUT2D eigenvalue weighted by atomic mass is 32.1. The minimum absolute atomic E-state index is 0.213. The number of thiazole rings is 1. The molecule has 0 fully saturated rings. The second kappa shape index (κ2) is 7.71. The van der Waals surface area contributed by atoms with Crippen LogP contribution in [0.1, 0.15) is 32.0 Å². The Labute approximate surface area is 155 Å². The van der Waals surface area contributed by atoms with Crippen molar-refractivity contribution in [3.8, 4) is 0 Å². The highest BCUT2D eigenvalue weighted by Crippen LogP contribution is 2.40. The van der Waals surface area contributed by atoms with E-state index in [2.05, 4.69) is 10.3 Å². The number of nitrogen functional groups attached to an aromatic ring is 1. The smallest absolute Gasteiger partial charge is 0.318 e. The molecule has 2 heterocycles. The number of carbonyl (C=O) groups excluding carboxylic acids is 2. The SMILES string of the molecule is COCCNC(=O)N1CCc2nc(C(N)=O)sc2C1c1ccccc1N. The van der Waals surface area contributed by atoms with Crippen LogP contribution in [-0.4, -0.2) is 48.6 Å². The first kappa shape index (κ1) is 18.2. The number of anilines is 1. The van der Waals surface area contributed by atoms with E-state index < -0.39 is 11.9 Å². The molecular formula is C17H21N5O3S. The van der Waals surface area contributed by atoms with Gasteiger partial charge in [-0.3, -0.25) is 4.79 Å². The maximum absolute atomic E-state index is 12.7. The second-order valence-corrected chi connectivity index (χ2v) is 6.92. The van der Waals surface area contributed by atoms with Crippen LogP contribution in [0.2, 0.25) is 0 Å². The van der Waals surface area contributed by atoms with Crippen LogP contribution in [0.4, 0.5) is 10.5 Å². The Bertz CT molecular complexity index is 822. The Kier molecular flexibility index (Phi) is 5.38. The normalized spacial score (nSPS) is 16.2. The lowest BCUT2D eigenvalue weighted by atomic mass is 9.96. The number of para-hydroxylation sites is 1. The number of nitrogens with one attached hydrogen (secondary N) is 1. The van der Waals surface area contributed by atoms with Gasteiger partial charge in [0.1, 0.15) is 0 Å². The van der Waals surface area contributed by atoms with E-state index in [1.165, 1.54) is 11.3 Å². The van der Waals surface area contributed by atoms with E-state index in [-0.39, 0.29) is 11.0 Å². The molecule has 0 radical (unpaired) electrons. The van der Waals surface area contributed by atoms with E-state index in [4.69, 9.17) is 16.2 Å². The predicted molar refractivity (Wildman–Crippen MR) is 99.0 cm³/mol. The third-order valence-electron chi connectivity index (χ3n) is 4.22. The first-order valence-electron chi connectivity index (χ1n) is 8.20. The fourth-order valence-corrected chi connectivity index (χ4v) is 4.10. The first-order valence-corrected chi connectivity index (χ1v) is 9.01. The van der Waals surface area contributed by atoms with Gasteiger partial charge in [0.2, 0.25) is 0 Å². The molecule has 5 N–H and O–H groups in total. The van der Waals surface area contributed by atoms with Crippen molar-refractivity contribution >= 4 is 29.0 Å². The van der Waals surface area contributed by atoms with E-state index in [1.54, 1.807) is 18.1 Å². The monoisotopic (exact) mass is 375 g/mol. The highest BCUT2D eigenvalue weighted by molar-refractivity contribution is 7.13. The van der Waals surface area contributed by atoms with Crippen LogP contribution in [0.5, 0.6) is 0 Å². The molecule has 1 atom stereocenters. The number of hydrogen-bond donors (Lipinski definition) is 3. The summed E-state index contributed by atoms with van der Waals surface area (Å²) in [5.41, 5.74) is 13.7. The number of urea groups is 1. The lowest BCUT2D eigenvalue weighted by Crippen LogP contribution is -2.46. The molecule has 2 aromatic rings. The van der Waals surface area contributed by atoms with Crippen LogP contribution < -0.4 is 16.8 Å².